The van der Waals surface area contributed by atoms with Crippen LogP contribution in [-0.4, -0.2) is 46.3 Å². The highest BCUT2D eigenvalue weighted by Gasteiger charge is 2.57. The summed E-state index contributed by atoms with van der Waals surface area (Å²) < 4.78 is 19.9. The minimum Gasteiger partial charge on any atom is -0.492 e. The number of ether oxygens (including phenoxy) is 1. The van der Waals surface area contributed by atoms with Gasteiger partial charge in [-0.05, 0) is 48.3 Å². The zero-order chi connectivity index (χ0) is 24.7. The standard InChI is InChI=1S/C29H30FN3O3/c30-22-11-7-8-20(16-22)18-33-27(34)25-17-26-24(14-15-36-26)32(25)19-29(33,21-9-3-1-4-10-21)28(35)31-23-12-5-2-6-13-23/h1,3-4,7-11,14-17,23-24,26H,2,5-6,12-13,18-19H2,(H,31,35). The van der Waals surface area contributed by atoms with Crippen molar-refractivity contribution in [3.05, 3.63) is 95.7 Å². The Morgan fingerprint density at radius 3 is 2.67 bits per heavy atom. The Morgan fingerprint density at radius 2 is 1.89 bits per heavy atom. The van der Waals surface area contributed by atoms with Gasteiger partial charge >= 0.3 is 0 Å². The van der Waals surface area contributed by atoms with Crippen LogP contribution < -0.4 is 5.32 Å². The molecule has 1 saturated carbocycles. The largest absolute Gasteiger partial charge is 0.492 e. The van der Waals surface area contributed by atoms with Crippen molar-refractivity contribution in [3.63, 3.8) is 0 Å². The van der Waals surface area contributed by atoms with Crippen molar-refractivity contribution in [2.45, 2.75) is 62.4 Å². The number of nitrogens with zero attached hydrogens (tertiary/aromatic N) is 2. The normalized spacial score (nSPS) is 27.4. The Balaban J connectivity index is 1.47. The molecule has 2 amide bonds. The van der Waals surface area contributed by atoms with Gasteiger partial charge in [-0.2, -0.15) is 0 Å². The molecule has 2 fully saturated rings. The summed E-state index contributed by atoms with van der Waals surface area (Å²) in [5.41, 5.74) is 0.624. The zero-order valence-corrected chi connectivity index (χ0v) is 20.1. The summed E-state index contributed by atoms with van der Waals surface area (Å²) in [6, 6.07) is 15.7. The zero-order valence-electron chi connectivity index (χ0n) is 20.1. The molecule has 4 aliphatic rings. The highest BCUT2D eigenvalue weighted by atomic mass is 19.1. The van der Waals surface area contributed by atoms with Crippen LogP contribution >= 0.6 is 0 Å². The van der Waals surface area contributed by atoms with Gasteiger partial charge in [0.05, 0.1) is 18.8 Å². The highest BCUT2D eigenvalue weighted by Crippen LogP contribution is 2.43. The van der Waals surface area contributed by atoms with E-state index < -0.39 is 5.54 Å². The lowest BCUT2D eigenvalue weighted by Gasteiger charge is -2.51. The van der Waals surface area contributed by atoms with Gasteiger partial charge in [-0.1, -0.05) is 61.7 Å². The topological polar surface area (TPSA) is 61.9 Å². The Labute approximate surface area is 210 Å². The van der Waals surface area contributed by atoms with Crippen LogP contribution in [0.4, 0.5) is 4.39 Å². The number of rotatable bonds is 5. The number of hydrogen-bond acceptors (Lipinski definition) is 4. The van der Waals surface area contributed by atoms with E-state index in [9.17, 15) is 14.0 Å². The molecule has 0 radical (unpaired) electrons. The van der Waals surface area contributed by atoms with Crippen molar-refractivity contribution in [3.8, 4) is 0 Å². The second kappa shape index (κ2) is 9.12. The van der Waals surface area contributed by atoms with Crippen LogP contribution in [-0.2, 0) is 26.4 Å². The first kappa shape index (κ1) is 22.8. The second-order valence-corrected chi connectivity index (χ2v) is 10.2. The molecular formula is C29H30FN3O3. The van der Waals surface area contributed by atoms with Gasteiger partial charge in [0, 0.05) is 12.6 Å². The molecule has 2 aromatic carbocycles. The molecule has 1 saturated heterocycles. The molecule has 36 heavy (non-hydrogen) atoms. The molecule has 3 unspecified atom stereocenters. The molecule has 3 atom stereocenters. The number of nitrogens with one attached hydrogen (secondary N) is 1. The maximum Gasteiger partial charge on any atom is 0.271 e. The van der Waals surface area contributed by atoms with Gasteiger partial charge in [0.25, 0.3) is 11.8 Å². The summed E-state index contributed by atoms with van der Waals surface area (Å²) >= 11 is 0. The summed E-state index contributed by atoms with van der Waals surface area (Å²) in [7, 11) is 0. The fraction of sp³-hybridized carbons (Fsp3) is 0.379. The van der Waals surface area contributed by atoms with E-state index in [4.69, 9.17) is 4.74 Å². The number of halogens is 1. The summed E-state index contributed by atoms with van der Waals surface area (Å²) in [6.07, 6.45) is 10.4. The van der Waals surface area contributed by atoms with E-state index in [1.165, 1.54) is 18.6 Å². The van der Waals surface area contributed by atoms with E-state index in [1.807, 2.05) is 47.4 Å². The molecule has 6 rings (SSSR count). The first-order valence-electron chi connectivity index (χ1n) is 12.8. The van der Waals surface area contributed by atoms with Gasteiger partial charge in [-0.25, -0.2) is 4.39 Å². The van der Waals surface area contributed by atoms with E-state index in [-0.39, 0.29) is 48.9 Å². The van der Waals surface area contributed by atoms with Gasteiger partial charge in [-0.15, -0.1) is 0 Å². The number of amides is 2. The molecule has 0 aromatic heterocycles. The van der Waals surface area contributed by atoms with Crippen LogP contribution in [0, 0.1) is 5.82 Å². The minimum absolute atomic E-state index is 0.0796. The number of piperazine rings is 1. The van der Waals surface area contributed by atoms with Gasteiger partial charge < -0.3 is 19.9 Å². The Hall–Kier alpha value is -3.61. The molecule has 3 heterocycles. The van der Waals surface area contributed by atoms with Crippen LogP contribution in [0.5, 0.6) is 0 Å². The molecule has 6 nitrogen and oxygen atoms in total. The summed E-state index contributed by atoms with van der Waals surface area (Å²) in [6.45, 7) is 0.401. The van der Waals surface area contributed by atoms with Gasteiger partial charge in [0.2, 0.25) is 0 Å². The smallest absolute Gasteiger partial charge is 0.271 e. The molecule has 0 bridgehead atoms. The first-order chi connectivity index (χ1) is 17.6. The summed E-state index contributed by atoms with van der Waals surface area (Å²) in [4.78, 5) is 32.2. The predicted octanol–water partition coefficient (Wildman–Crippen LogP) is 3.99. The molecule has 2 aromatic rings. The summed E-state index contributed by atoms with van der Waals surface area (Å²) in [5, 5.41) is 3.31. The van der Waals surface area contributed by atoms with Crippen LogP contribution in [0.25, 0.3) is 0 Å². The van der Waals surface area contributed by atoms with E-state index in [0.29, 0.717) is 11.3 Å². The molecule has 186 valence electrons. The van der Waals surface area contributed by atoms with Crippen LogP contribution in [0.15, 0.2) is 78.7 Å². The molecule has 1 aliphatic carbocycles. The van der Waals surface area contributed by atoms with E-state index in [2.05, 4.69) is 5.32 Å². The van der Waals surface area contributed by atoms with Crippen LogP contribution in [0.1, 0.15) is 43.2 Å². The number of hydrogen-bond donors (Lipinski definition) is 1. The Kier molecular flexibility index (Phi) is 5.78. The van der Waals surface area contributed by atoms with Crippen molar-refractivity contribution in [2.24, 2.45) is 0 Å². The number of carbonyl (C=O) groups excluding carboxylic acids is 2. The van der Waals surface area contributed by atoms with Crippen molar-refractivity contribution < 1.29 is 18.7 Å². The monoisotopic (exact) mass is 487 g/mol. The molecule has 0 spiro atoms. The van der Waals surface area contributed by atoms with Gasteiger partial charge in [0.1, 0.15) is 17.6 Å². The molecular weight excluding hydrogens is 457 g/mol. The summed E-state index contributed by atoms with van der Waals surface area (Å²) in [5.74, 6) is -0.806. The van der Waals surface area contributed by atoms with Crippen molar-refractivity contribution in [2.75, 3.05) is 6.54 Å². The number of fused-ring (bicyclic) bond motifs is 3. The molecule has 3 aliphatic heterocycles. The third-order valence-corrected chi connectivity index (χ3v) is 7.96. The molecule has 7 heteroatoms. The fourth-order valence-electron chi connectivity index (χ4n) is 6.13. The van der Waals surface area contributed by atoms with Crippen LogP contribution in [0.2, 0.25) is 0 Å². The number of benzene rings is 2. The maximum atomic E-state index is 14.4. The minimum atomic E-state index is -1.29. The van der Waals surface area contributed by atoms with Crippen molar-refractivity contribution in [1.82, 2.24) is 15.1 Å². The third kappa shape index (κ3) is 3.77. The lowest BCUT2D eigenvalue weighted by Crippen LogP contribution is -2.68. The quantitative estimate of drug-likeness (QED) is 0.693. The number of carbonyl (C=O) groups is 2. The third-order valence-electron chi connectivity index (χ3n) is 7.96. The van der Waals surface area contributed by atoms with E-state index in [0.717, 1.165) is 31.2 Å². The van der Waals surface area contributed by atoms with E-state index in [1.54, 1.807) is 23.3 Å². The van der Waals surface area contributed by atoms with Crippen molar-refractivity contribution >= 4 is 11.8 Å². The lowest BCUT2D eigenvalue weighted by molar-refractivity contribution is -0.155. The average molecular weight is 488 g/mol. The fourth-order valence-corrected chi connectivity index (χ4v) is 6.13. The second-order valence-electron chi connectivity index (χ2n) is 10.2. The maximum absolute atomic E-state index is 14.4. The Morgan fingerprint density at radius 1 is 1.08 bits per heavy atom. The average Bonchev–Trinajstić information content (AvgIpc) is 3.49. The first-order valence-corrected chi connectivity index (χ1v) is 12.8. The van der Waals surface area contributed by atoms with Crippen molar-refractivity contribution in [1.29, 1.82) is 0 Å². The van der Waals surface area contributed by atoms with Gasteiger partial charge in [0.15, 0.2) is 5.54 Å². The SMILES string of the molecule is O=C1C2=CC3OC=CC3N2CC(C(=O)NC2CCCCC2)(c2ccccc2)N1Cc1cccc(F)c1. The molecule has 1 N–H and O–H groups in total. The Bertz CT molecular complexity index is 1220. The van der Waals surface area contributed by atoms with Gasteiger partial charge in [-0.3, -0.25) is 9.59 Å². The van der Waals surface area contributed by atoms with Crippen LogP contribution in [0.3, 0.4) is 0 Å². The van der Waals surface area contributed by atoms with E-state index >= 15 is 0 Å². The highest BCUT2D eigenvalue weighted by molar-refractivity contribution is 6.01. The lowest BCUT2D eigenvalue weighted by atomic mass is 9.82. The predicted molar refractivity (Wildman–Crippen MR) is 133 cm³/mol.